The topological polar surface area (TPSA) is 101 Å². The molecular formula is C19H15F2N5. The van der Waals surface area contributed by atoms with E-state index in [1.54, 1.807) is 0 Å². The van der Waals surface area contributed by atoms with Crippen molar-refractivity contribution in [3.8, 4) is 18.2 Å². The average molecular weight is 351 g/mol. The van der Waals surface area contributed by atoms with Crippen molar-refractivity contribution in [2.24, 2.45) is 17.1 Å². The summed E-state index contributed by atoms with van der Waals surface area (Å²) in [6, 6.07) is 8.90. The summed E-state index contributed by atoms with van der Waals surface area (Å²) >= 11 is 0. The van der Waals surface area contributed by atoms with Crippen LogP contribution >= 0.6 is 0 Å². The maximum Gasteiger partial charge on any atom is 0.191 e. The molecule has 0 amide bonds. The van der Waals surface area contributed by atoms with E-state index in [1.165, 1.54) is 6.07 Å². The van der Waals surface area contributed by atoms with E-state index >= 15 is 0 Å². The van der Waals surface area contributed by atoms with Crippen molar-refractivity contribution in [3.05, 3.63) is 58.3 Å². The Morgan fingerprint density at radius 1 is 1.23 bits per heavy atom. The van der Waals surface area contributed by atoms with E-state index in [0.717, 1.165) is 12.1 Å². The van der Waals surface area contributed by atoms with Gasteiger partial charge in [0.2, 0.25) is 0 Å². The number of hydrogen-bond acceptors (Lipinski definition) is 5. The van der Waals surface area contributed by atoms with Crippen LogP contribution in [0.4, 0.5) is 8.78 Å². The van der Waals surface area contributed by atoms with E-state index in [9.17, 15) is 24.6 Å². The van der Waals surface area contributed by atoms with Crippen molar-refractivity contribution in [2.75, 3.05) is 20.1 Å². The van der Waals surface area contributed by atoms with Gasteiger partial charge in [0.1, 0.15) is 17.7 Å². The van der Waals surface area contributed by atoms with Crippen LogP contribution in [0, 0.1) is 57.0 Å². The van der Waals surface area contributed by atoms with Gasteiger partial charge in [0.15, 0.2) is 5.41 Å². The summed E-state index contributed by atoms with van der Waals surface area (Å²) in [5.41, 5.74) is 4.77. The monoisotopic (exact) mass is 351 g/mol. The minimum absolute atomic E-state index is 0.0423. The van der Waals surface area contributed by atoms with Gasteiger partial charge >= 0.3 is 0 Å². The highest BCUT2D eigenvalue weighted by Crippen LogP contribution is 2.54. The highest BCUT2D eigenvalue weighted by molar-refractivity contribution is 5.59. The Morgan fingerprint density at radius 2 is 1.92 bits per heavy atom. The van der Waals surface area contributed by atoms with Crippen LogP contribution < -0.4 is 5.73 Å². The van der Waals surface area contributed by atoms with Crippen LogP contribution in [0.3, 0.4) is 0 Å². The molecule has 26 heavy (non-hydrogen) atoms. The molecule has 2 aliphatic rings. The minimum atomic E-state index is -1.91. The molecular weight excluding hydrogens is 336 g/mol. The van der Waals surface area contributed by atoms with Gasteiger partial charge in [-0.3, -0.25) is 0 Å². The number of nitrogens with zero attached hydrogens (tertiary/aromatic N) is 4. The lowest BCUT2D eigenvalue weighted by Crippen LogP contribution is -2.47. The van der Waals surface area contributed by atoms with Gasteiger partial charge in [-0.05, 0) is 24.3 Å². The lowest BCUT2D eigenvalue weighted by Gasteiger charge is -2.45. The maximum atomic E-state index is 14.6. The Bertz CT molecular complexity index is 944. The summed E-state index contributed by atoms with van der Waals surface area (Å²) in [5.74, 6) is -3.04. The molecule has 3 rings (SSSR count). The third kappa shape index (κ3) is 2.36. The van der Waals surface area contributed by atoms with E-state index in [1.807, 2.05) is 36.2 Å². The van der Waals surface area contributed by atoms with Gasteiger partial charge in [-0.15, -0.1) is 0 Å². The van der Waals surface area contributed by atoms with E-state index < -0.39 is 28.9 Å². The van der Waals surface area contributed by atoms with Gasteiger partial charge < -0.3 is 10.6 Å². The predicted molar refractivity (Wildman–Crippen MR) is 88.7 cm³/mol. The Kier molecular flexibility index (Phi) is 4.24. The molecule has 0 saturated heterocycles. The minimum Gasteiger partial charge on any atom is -0.399 e. The van der Waals surface area contributed by atoms with Gasteiger partial charge in [-0.2, -0.15) is 15.8 Å². The zero-order valence-electron chi connectivity index (χ0n) is 14.0. The van der Waals surface area contributed by atoms with Crippen molar-refractivity contribution >= 4 is 0 Å². The largest absolute Gasteiger partial charge is 0.399 e. The van der Waals surface area contributed by atoms with Crippen LogP contribution in [0.5, 0.6) is 0 Å². The summed E-state index contributed by atoms with van der Waals surface area (Å²) in [5, 5.41) is 29.2. The number of fused-ring (bicyclic) bond motifs is 1. The van der Waals surface area contributed by atoms with Gasteiger partial charge in [0.25, 0.3) is 0 Å². The lowest BCUT2D eigenvalue weighted by atomic mass is 9.58. The summed E-state index contributed by atoms with van der Waals surface area (Å²) in [7, 11) is 1.85. The second-order valence-corrected chi connectivity index (χ2v) is 6.56. The fourth-order valence-corrected chi connectivity index (χ4v) is 3.92. The number of halogens is 2. The number of hydrogen-bond donors (Lipinski definition) is 1. The van der Waals surface area contributed by atoms with Gasteiger partial charge in [0.05, 0.1) is 23.4 Å². The van der Waals surface area contributed by atoms with Gasteiger partial charge in [0, 0.05) is 31.0 Å². The normalized spacial score (nSPS) is 24.7. The highest BCUT2D eigenvalue weighted by Gasteiger charge is 2.54. The number of nitriles is 3. The van der Waals surface area contributed by atoms with Gasteiger partial charge in [-0.1, -0.05) is 12.1 Å². The first-order valence-electron chi connectivity index (χ1n) is 7.96. The lowest BCUT2D eigenvalue weighted by molar-refractivity contribution is 0.234. The third-order valence-corrected chi connectivity index (χ3v) is 5.14. The van der Waals surface area contributed by atoms with Crippen molar-refractivity contribution in [1.82, 2.24) is 4.90 Å². The molecule has 0 aromatic heterocycles. The van der Waals surface area contributed by atoms with Crippen molar-refractivity contribution in [3.63, 3.8) is 0 Å². The molecule has 0 saturated carbocycles. The molecule has 1 aliphatic heterocycles. The molecule has 1 aromatic rings. The van der Waals surface area contributed by atoms with Crippen LogP contribution in [0.1, 0.15) is 11.5 Å². The smallest absolute Gasteiger partial charge is 0.191 e. The number of nitrogens with two attached hydrogens (primary N) is 1. The zero-order valence-corrected chi connectivity index (χ0v) is 14.0. The second kappa shape index (κ2) is 6.26. The highest BCUT2D eigenvalue weighted by atomic mass is 19.1. The molecule has 0 spiro atoms. The molecule has 5 nitrogen and oxygen atoms in total. The zero-order chi connectivity index (χ0) is 19.1. The molecule has 2 N–H and O–H groups in total. The summed E-state index contributed by atoms with van der Waals surface area (Å²) < 4.78 is 28.0. The Balaban J connectivity index is 2.36. The summed E-state index contributed by atoms with van der Waals surface area (Å²) in [6.07, 6.45) is 1.81. The molecule has 1 aromatic carbocycles. The molecule has 1 aliphatic carbocycles. The molecule has 2 atom stereocenters. The van der Waals surface area contributed by atoms with Crippen molar-refractivity contribution in [2.45, 2.75) is 5.92 Å². The van der Waals surface area contributed by atoms with Crippen LogP contribution in [0.25, 0.3) is 0 Å². The first kappa shape index (κ1) is 17.6. The van der Waals surface area contributed by atoms with E-state index in [4.69, 9.17) is 5.73 Å². The molecule has 1 heterocycles. The SMILES string of the molecule is CN1CC=C2C(C#N)=C(N)C(C#N)(C#N)[C@H](c3ccc(F)cc3F)[C@@H]2C1. The average Bonchev–Trinajstić information content (AvgIpc) is 2.62. The van der Waals surface area contributed by atoms with E-state index in [0.29, 0.717) is 18.7 Å². The quantitative estimate of drug-likeness (QED) is 0.837. The van der Waals surface area contributed by atoms with Crippen LogP contribution in [0.15, 0.2) is 41.1 Å². The maximum absolute atomic E-state index is 14.6. The van der Waals surface area contributed by atoms with Crippen LogP contribution in [0.2, 0.25) is 0 Å². The Morgan fingerprint density at radius 3 is 2.50 bits per heavy atom. The Labute approximate surface area is 149 Å². The second-order valence-electron chi connectivity index (χ2n) is 6.56. The van der Waals surface area contributed by atoms with Crippen LogP contribution in [-0.4, -0.2) is 25.0 Å². The molecule has 7 heteroatoms. The standard InChI is InChI=1S/C19H15F2N5/c1-26-5-4-12-14(7-22)18(25)19(9-23,10-24)17(15(12)8-26)13-3-2-11(20)6-16(13)21/h2-4,6,15,17H,5,8,25H2,1H3/t15-,17-/m1/s1. The Hall–Kier alpha value is -3.21. The summed E-state index contributed by atoms with van der Waals surface area (Å²) in [6.45, 7) is 0.978. The molecule has 0 radical (unpaired) electrons. The predicted octanol–water partition coefficient (Wildman–Crippen LogP) is 2.32. The fraction of sp³-hybridized carbons (Fsp3) is 0.316. The van der Waals surface area contributed by atoms with E-state index in [2.05, 4.69) is 0 Å². The number of rotatable bonds is 1. The fourth-order valence-electron chi connectivity index (χ4n) is 3.92. The van der Waals surface area contributed by atoms with Crippen molar-refractivity contribution in [1.29, 1.82) is 15.8 Å². The number of benzene rings is 1. The van der Waals surface area contributed by atoms with Crippen LogP contribution in [-0.2, 0) is 0 Å². The third-order valence-electron chi connectivity index (χ3n) is 5.14. The van der Waals surface area contributed by atoms with Gasteiger partial charge in [-0.25, -0.2) is 8.78 Å². The molecule has 0 fully saturated rings. The molecule has 0 bridgehead atoms. The first-order valence-corrected chi connectivity index (χ1v) is 7.96. The number of allylic oxidation sites excluding steroid dienone is 2. The number of likely N-dealkylation sites (N-methyl/N-ethyl adjacent to an activating group) is 1. The van der Waals surface area contributed by atoms with Crippen molar-refractivity contribution < 1.29 is 8.78 Å². The molecule has 0 unspecified atom stereocenters. The van der Waals surface area contributed by atoms with E-state index in [-0.39, 0.29) is 16.8 Å². The molecule has 130 valence electrons. The summed E-state index contributed by atoms with van der Waals surface area (Å²) in [4.78, 5) is 1.94. The first-order chi connectivity index (χ1) is 12.4.